The van der Waals surface area contributed by atoms with Gasteiger partial charge in [-0.05, 0) is 36.5 Å². The van der Waals surface area contributed by atoms with Crippen molar-refractivity contribution in [2.24, 2.45) is 0 Å². The summed E-state index contributed by atoms with van der Waals surface area (Å²) >= 11 is 0. The van der Waals surface area contributed by atoms with Crippen LogP contribution in [0.3, 0.4) is 0 Å². The minimum atomic E-state index is -0.0567. The number of fused-ring (bicyclic) bond motifs is 1. The molecule has 128 valence electrons. The maximum absolute atomic E-state index is 13.2. The number of rotatable bonds is 3. The molecule has 25 heavy (non-hydrogen) atoms. The number of aromatic nitrogens is 5. The number of carbonyl (C=O) groups is 1. The molecule has 0 radical (unpaired) electrons. The maximum atomic E-state index is 13.2. The molecular weight excluding hydrogens is 316 g/mol. The molecular formula is C18H20N6O. The molecule has 1 saturated heterocycles. The van der Waals surface area contributed by atoms with Gasteiger partial charge in [-0.25, -0.2) is 9.50 Å². The molecule has 1 fully saturated rings. The van der Waals surface area contributed by atoms with Crippen LogP contribution in [0.15, 0.2) is 36.9 Å². The van der Waals surface area contributed by atoms with E-state index in [4.69, 9.17) is 0 Å². The molecule has 1 aliphatic heterocycles. The summed E-state index contributed by atoms with van der Waals surface area (Å²) in [7, 11) is 0. The van der Waals surface area contributed by atoms with Gasteiger partial charge in [0.15, 0.2) is 0 Å². The summed E-state index contributed by atoms with van der Waals surface area (Å²) in [5.74, 6) is 0.622. The van der Waals surface area contributed by atoms with E-state index in [0.717, 1.165) is 30.6 Å². The molecule has 7 heteroatoms. The van der Waals surface area contributed by atoms with E-state index in [1.807, 2.05) is 29.3 Å². The molecule has 0 aromatic carbocycles. The third-order valence-electron chi connectivity index (χ3n) is 4.67. The second-order valence-corrected chi connectivity index (χ2v) is 6.64. The first-order chi connectivity index (χ1) is 12.1. The van der Waals surface area contributed by atoms with Gasteiger partial charge in [0.2, 0.25) is 0 Å². The molecule has 0 unspecified atom stereocenters. The summed E-state index contributed by atoms with van der Waals surface area (Å²) in [6.07, 6.45) is 6.99. The summed E-state index contributed by atoms with van der Waals surface area (Å²) in [5.41, 5.74) is 2.43. The van der Waals surface area contributed by atoms with Crippen molar-refractivity contribution in [1.82, 2.24) is 29.5 Å². The minimum absolute atomic E-state index is 0.0552. The Morgan fingerprint density at radius 1 is 1.36 bits per heavy atom. The van der Waals surface area contributed by atoms with Crippen molar-refractivity contribution < 1.29 is 4.79 Å². The normalized spacial score (nSPS) is 17.6. The van der Waals surface area contributed by atoms with Gasteiger partial charge in [0.05, 0.1) is 11.7 Å². The Morgan fingerprint density at radius 3 is 3.00 bits per heavy atom. The molecule has 0 spiro atoms. The number of likely N-dealkylation sites (tertiary alicyclic amines) is 1. The van der Waals surface area contributed by atoms with E-state index in [1.54, 1.807) is 10.7 Å². The molecule has 1 atom stereocenters. The molecule has 0 aliphatic carbocycles. The topological polar surface area (TPSA) is 76.3 Å². The van der Waals surface area contributed by atoms with Crippen LogP contribution < -0.4 is 0 Å². The van der Waals surface area contributed by atoms with Gasteiger partial charge in [-0.1, -0.05) is 19.9 Å². The SMILES string of the molecule is CC(C)c1cc(C(=O)N2CCC[C@@H]2c2cccnc2)nc2ncnn12. The van der Waals surface area contributed by atoms with E-state index in [0.29, 0.717) is 11.5 Å². The van der Waals surface area contributed by atoms with Crippen LogP contribution in [0.4, 0.5) is 0 Å². The van der Waals surface area contributed by atoms with Crippen molar-refractivity contribution in [3.63, 3.8) is 0 Å². The smallest absolute Gasteiger partial charge is 0.273 e. The molecule has 0 saturated carbocycles. The Balaban J connectivity index is 1.72. The Morgan fingerprint density at radius 2 is 2.24 bits per heavy atom. The second kappa shape index (κ2) is 6.23. The van der Waals surface area contributed by atoms with Gasteiger partial charge in [0.1, 0.15) is 12.0 Å². The zero-order valence-corrected chi connectivity index (χ0v) is 14.3. The highest BCUT2D eigenvalue weighted by atomic mass is 16.2. The van der Waals surface area contributed by atoms with Crippen molar-refractivity contribution in [3.05, 3.63) is 53.9 Å². The molecule has 1 amide bonds. The predicted octanol–water partition coefficient (Wildman–Crippen LogP) is 2.62. The standard InChI is InChI=1S/C18H20N6O/c1-12(2)16-9-14(22-18-20-11-21-24(16)18)17(25)23-8-4-6-15(23)13-5-3-7-19-10-13/h3,5,7,9-12,15H,4,6,8H2,1-2H3/t15-/m1/s1. The molecule has 4 rings (SSSR count). The van der Waals surface area contributed by atoms with Crippen LogP contribution in [-0.4, -0.2) is 41.9 Å². The summed E-state index contributed by atoms with van der Waals surface area (Å²) in [6, 6.07) is 5.83. The number of pyridine rings is 1. The summed E-state index contributed by atoms with van der Waals surface area (Å²) in [5, 5.41) is 4.21. The van der Waals surface area contributed by atoms with E-state index in [1.165, 1.54) is 6.33 Å². The number of amides is 1. The van der Waals surface area contributed by atoms with Gasteiger partial charge >= 0.3 is 0 Å². The molecule has 4 heterocycles. The predicted molar refractivity (Wildman–Crippen MR) is 92.1 cm³/mol. The summed E-state index contributed by atoms with van der Waals surface area (Å²) in [4.78, 5) is 27.8. The van der Waals surface area contributed by atoms with Gasteiger partial charge in [0.25, 0.3) is 11.7 Å². The lowest BCUT2D eigenvalue weighted by Crippen LogP contribution is -2.31. The largest absolute Gasteiger partial charge is 0.330 e. The molecule has 1 aliphatic rings. The van der Waals surface area contributed by atoms with Crippen molar-refractivity contribution in [1.29, 1.82) is 0 Å². The third-order valence-corrected chi connectivity index (χ3v) is 4.67. The van der Waals surface area contributed by atoms with E-state index >= 15 is 0 Å². The molecule has 0 bridgehead atoms. The lowest BCUT2D eigenvalue weighted by atomic mass is 10.1. The van der Waals surface area contributed by atoms with Crippen molar-refractivity contribution in [2.45, 2.75) is 38.6 Å². The number of hydrogen-bond donors (Lipinski definition) is 0. The zero-order chi connectivity index (χ0) is 17.4. The van der Waals surface area contributed by atoms with Crippen molar-refractivity contribution in [2.75, 3.05) is 6.54 Å². The zero-order valence-electron chi connectivity index (χ0n) is 14.3. The van der Waals surface area contributed by atoms with Gasteiger partial charge in [-0.15, -0.1) is 0 Å². The average molecular weight is 336 g/mol. The van der Waals surface area contributed by atoms with Crippen LogP contribution in [0, 0.1) is 0 Å². The van der Waals surface area contributed by atoms with Crippen LogP contribution in [0.2, 0.25) is 0 Å². The first-order valence-corrected chi connectivity index (χ1v) is 8.56. The first kappa shape index (κ1) is 15.7. The van der Waals surface area contributed by atoms with E-state index in [9.17, 15) is 4.79 Å². The third kappa shape index (κ3) is 2.75. The van der Waals surface area contributed by atoms with Gasteiger partial charge in [0, 0.05) is 18.9 Å². The first-order valence-electron chi connectivity index (χ1n) is 8.56. The minimum Gasteiger partial charge on any atom is -0.330 e. The van der Waals surface area contributed by atoms with Crippen molar-refractivity contribution >= 4 is 11.7 Å². The van der Waals surface area contributed by atoms with Crippen LogP contribution in [0.25, 0.3) is 5.78 Å². The van der Waals surface area contributed by atoms with E-state index < -0.39 is 0 Å². The highest BCUT2D eigenvalue weighted by Gasteiger charge is 2.32. The molecule has 7 nitrogen and oxygen atoms in total. The van der Waals surface area contributed by atoms with Crippen LogP contribution in [-0.2, 0) is 0 Å². The van der Waals surface area contributed by atoms with E-state index in [2.05, 4.69) is 33.9 Å². The van der Waals surface area contributed by atoms with Gasteiger partial charge in [-0.3, -0.25) is 9.78 Å². The molecule has 3 aromatic heterocycles. The average Bonchev–Trinajstić information content (AvgIpc) is 3.30. The Kier molecular flexibility index (Phi) is 3.91. The van der Waals surface area contributed by atoms with Gasteiger partial charge in [-0.2, -0.15) is 10.1 Å². The number of carbonyl (C=O) groups excluding carboxylic acids is 1. The highest BCUT2D eigenvalue weighted by Crippen LogP contribution is 2.32. The van der Waals surface area contributed by atoms with Crippen LogP contribution in [0.1, 0.15) is 60.4 Å². The monoisotopic (exact) mass is 336 g/mol. The Bertz CT molecular complexity index is 904. The van der Waals surface area contributed by atoms with Crippen LogP contribution in [0.5, 0.6) is 0 Å². The van der Waals surface area contributed by atoms with Crippen LogP contribution >= 0.6 is 0 Å². The summed E-state index contributed by atoms with van der Waals surface area (Å²) < 4.78 is 1.70. The number of hydrogen-bond acceptors (Lipinski definition) is 5. The van der Waals surface area contributed by atoms with Gasteiger partial charge < -0.3 is 4.90 Å². The lowest BCUT2D eigenvalue weighted by molar-refractivity contribution is 0.0729. The fourth-order valence-corrected chi connectivity index (χ4v) is 3.43. The second-order valence-electron chi connectivity index (χ2n) is 6.64. The summed E-state index contributed by atoms with van der Waals surface area (Å²) in [6.45, 7) is 4.87. The lowest BCUT2D eigenvalue weighted by Gasteiger charge is -2.24. The quantitative estimate of drug-likeness (QED) is 0.735. The fraction of sp³-hybridized carbons (Fsp3) is 0.389. The molecule has 3 aromatic rings. The highest BCUT2D eigenvalue weighted by molar-refractivity contribution is 5.93. The maximum Gasteiger partial charge on any atom is 0.273 e. The Hall–Kier alpha value is -2.83. The van der Waals surface area contributed by atoms with E-state index in [-0.39, 0.29) is 17.9 Å². The number of nitrogens with zero attached hydrogens (tertiary/aromatic N) is 6. The molecule has 0 N–H and O–H groups in total. The Labute approximate surface area is 145 Å². The van der Waals surface area contributed by atoms with Crippen molar-refractivity contribution in [3.8, 4) is 0 Å². The fourth-order valence-electron chi connectivity index (χ4n) is 3.43.